The van der Waals surface area contributed by atoms with E-state index in [2.05, 4.69) is 24.5 Å². The van der Waals surface area contributed by atoms with Crippen LogP contribution in [0.3, 0.4) is 0 Å². The predicted molar refractivity (Wildman–Crippen MR) is 75.3 cm³/mol. The maximum Gasteiger partial charge on any atom is 0.315 e. The molecule has 0 aliphatic carbocycles. The molecular weight excluding hydrogens is 240 g/mol. The smallest absolute Gasteiger partial charge is 0.315 e. The van der Waals surface area contributed by atoms with Gasteiger partial charge in [-0.3, -0.25) is 0 Å². The molecule has 0 saturated heterocycles. The van der Waals surface area contributed by atoms with Gasteiger partial charge in [-0.2, -0.15) is 0 Å². The number of hydrogen-bond acceptors (Lipinski definition) is 2. The molecule has 4 heteroatoms. The van der Waals surface area contributed by atoms with E-state index in [1.54, 1.807) is 0 Å². The van der Waals surface area contributed by atoms with Crippen LogP contribution >= 0.6 is 0 Å². The number of urea groups is 1. The first-order valence-corrected chi connectivity index (χ1v) is 6.93. The lowest BCUT2D eigenvalue weighted by atomic mass is 10.0. The summed E-state index contributed by atoms with van der Waals surface area (Å²) in [5, 5.41) is 5.92. The molecule has 1 heterocycles. The molecule has 0 aromatic heterocycles. The second-order valence-corrected chi connectivity index (χ2v) is 5.31. The van der Waals surface area contributed by atoms with Crippen molar-refractivity contribution in [2.45, 2.75) is 32.7 Å². The van der Waals surface area contributed by atoms with Crippen LogP contribution in [0, 0.1) is 5.92 Å². The standard InChI is InChI=1S/C15H22N2O2/c1-11(2)7-9-16-15(18)17-13-8-10-19-14-6-4-3-5-12(13)14/h3-6,11,13H,7-10H2,1-2H3,(H2,16,17,18). The molecule has 1 aliphatic heterocycles. The van der Waals surface area contributed by atoms with Gasteiger partial charge in [-0.25, -0.2) is 4.79 Å². The third-order valence-corrected chi connectivity index (χ3v) is 3.27. The first-order chi connectivity index (χ1) is 9.16. The summed E-state index contributed by atoms with van der Waals surface area (Å²) in [5.41, 5.74) is 1.06. The SMILES string of the molecule is CC(C)CCNC(=O)NC1CCOc2ccccc21. The number of rotatable bonds is 4. The second-order valence-electron chi connectivity index (χ2n) is 5.31. The lowest BCUT2D eigenvalue weighted by Gasteiger charge is -2.26. The lowest BCUT2D eigenvalue weighted by Crippen LogP contribution is -2.40. The molecule has 0 bridgehead atoms. The number of para-hydroxylation sites is 1. The van der Waals surface area contributed by atoms with Gasteiger partial charge in [-0.15, -0.1) is 0 Å². The molecule has 2 N–H and O–H groups in total. The minimum Gasteiger partial charge on any atom is -0.493 e. The van der Waals surface area contributed by atoms with E-state index in [-0.39, 0.29) is 12.1 Å². The fourth-order valence-corrected chi connectivity index (χ4v) is 2.18. The van der Waals surface area contributed by atoms with E-state index >= 15 is 0 Å². The number of carbonyl (C=O) groups is 1. The van der Waals surface area contributed by atoms with Crippen LogP contribution in [0.5, 0.6) is 5.75 Å². The van der Waals surface area contributed by atoms with Crippen molar-refractivity contribution in [2.75, 3.05) is 13.2 Å². The van der Waals surface area contributed by atoms with Crippen LogP contribution in [-0.2, 0) is 0 Å². The van der Waals surface area contributed by atoms with Crippen molar-refractivity contribution in [3.63, 3.8) is 0 Å². The number of ether oxygens (including phenoxy) is 1. The van der Waals surface area contributed by atoms with Gasteiger partial charge in [0.15, 0.2) is 0 Å². The third-order valence-electron chi connectivity index (χ3n) is 3.27. The highest BCUT2D eigenvalue weighted by molar-refractivity contribution is 5.74. The molecule has 1 aromatic rings. The summed E-state index contributed by atoms with van der Waals surface area (Å²) in [6.07, 6.45) is 1.81. The van der Waals surface area contributed by atoms with Gasteiger partial charge in [0.05, 0.1) is 12.6 Å². The predicted octanol–water partition coefficient (Wildman–Crippen LogP) is 2.86. The Morgan fingerprint density at radius 1 is 1.42 bits per heavy atom. The van der Waals surface area contributed by atoms with E-state index in [9.17, 15) is 4.79 Å². The Morgan fingerprint density at radius 3 is 3.00 bits per heavy atom. The van der Waals surface area contributed by atoms with Crippen molar-refractivity contribution in [1.29, 1.82) is 0 Å². The topological polar surface area (TPSA) is 50.4 Å². The highest BCUT2D eigenvalue weighted by Gasteiger charge is 2.22. The molecule has 0 radical (unpaired) electrons. The maximum atomic E-state index is 11.8. The summed E-state index contributed by atoms with van der Waals surface area (Å²) in [6.45, 7) is 5.66. The minimum atomic E-state index is -0.0950. The van der Waals surface area contributed by atoms with Crippen LogP contribution in [0.25, 0.3) is 0 Å². The fraction of sp³-hybridized carbons (Fsp3) is 0.533. The summed E-state index contributed by atoms with van der Waals surface area (Å²) in [7, 11) is 0. The monoisotopic (exact) mass is 262 g/mol. The quantitative estimate of drug-likeness (QED) is 0.876. The molecule has 2 amide bonds. The average Bonchev–Trinajstić information content (AvgIpc) is 2.39. The van der Waals surface area contributed by atoms with Crippen LogP contribution in [0.1, 0.15) is 38.3 Å². The van der Waals surface area contributed by atoms with Gasteiger partial charge >= 0.3 is 6.03 Å². The van der Waals surface area contributed by atoms with Crippen molar-refractivity contribution in [3.8, 4) is 5.75 Å². The van der Waals surface area contributed by atoms with E-state index in [4.69, 9.17) is 4.74 Å². The zero-order valence-corrected chi connectivity index (χ0v) is 11.6. The highest BCUT2D eigenvalue weighted by atomic mass is 16.5. The summed E-state index contributed by atoms with van der Waals surface area (Å²) >= 11 is 0. The Morgan fingerprint density at radius 2 is 2.21 bits per heavy atom. The minimum absolute atomic E-state index is 0.0454. The van der Waals surface area contributed by atoms with Crippen molar-refractivity contribution in [3.05, 3.63) is 29.8 Å². The van der Waals surface area contributed by atoms with Crippen LogP contribution in [0.4, 0.5) is 4.79 Å². The van der Waals surface area contributed by atoms with Gasteiger partial charge in [-0.05, 0) is 18.4 Å². The maximum absolute atomic E-state index is 11.8. The Kier molecular flexibility index (Phi) is 4.66. The van der Waals surface area contributed by atoms with E-state index in [0.717, 1.165) is 24.2 Å². The van der Waals surface area contributed by atoms with Crippen molar-refractivity contribution < 1.29 is 9.53 Å². The zero-order chi connectivity index (χ0) is 13.7. The molecule has 2 rings (SSSR count). The fourth-order valence-electron chi connectivity index (χ4n) is 2.18. The largest absolute Gasteiger partial charge is 0.493 e. The van der Waals surface area contributed by atoms with E-state index < -0.39 is 0 Å². The molecule has 1 atom stereocenters. The Balaban J connectivity index is 1.88. The second kappa shape index (κ2) is 6.45. The van der Waals surface area contributed by atoms with E-state index in [1.807, 2.05) is 24.3 Å². The molecule has 0 fully saturated rings. The number of nitrogens with one attached hydrogen (secondary N) is 2. The molecule has 1 unspecified atom stereocenters. The van der Waals surface area contributed by atoms with Gasteiger partial charge in [0.25, 0.3) is 0 Å². The first kappa shape index (κ1) is 13.7. The molecule has 1 aliphatic rings. The third kappa shape index (κ3) is 3.88. The molecular formula is C15H22N2O2. The van der Waals surface area contributed by atoms with Gasteiger partial charge in [-0.1, -0.05) is 32.0 Å². The Bertz CT molecular complexity index is 432. The van der Waals surface area contributed by atoms with Gasteiger partial charge in [0, 0.05) is 18.5 Å². The Labute approximate surface area is 114 Å². The number of fused-ring (bicyclic) bond motifs is 1. The molecule has 0 spiro atoms. The summed E-state index contributed by atoms with van der Waals surface area (Å²) in [5.74, 6) is 1.48. The number of hydrogen-bond donors (Lipinski definition) is 2. The van der Waals surface area contributed by atoms with E-state index in [0.29, 0.717) is 19.1 Å². The van der Waals surface area contributed by atoms with Gasteiger partial charge in [0.1, 0.15) is 5.75 Å². The summed E-state index contributed by atoms with van der Waals surface area (Å²) in [6, 6.07) is 7.82. The van der Waals surface area contributed by atoms with Crippen LogP contribution < -0.4 is 15.4 Å². The first-order valence-electron chi connectivity index (χ1n) is 6.93. The molecule has 4 nitrogen and oxygen atoms in total. The molecule has 104 valence electrons. The van der Waals surface area contributed by atoms with Crippen molar-refractivity contribution in [1.82, 2.24) is 10.6 Å². The number of benzene rings is 1. The normalized spacial score (nSPS) is 17.5. The lowest BCUT2D eigenvalue weighted by molar-refractivity contribution is 0.223. The van der Waals surface area contributed by atoms with E-state index in [1.165, 1.54) is 0 Å². The van der Waals surface area contributed by atoms with Gasteiger partial charge in [0.2, 0.25) is 0 Å². The average molecular weight is 262 g/mol. The van der Waals surface area contributed by atoms with Crippen molar-refractivity contribution in [2.24, 2.45) is 5.92 Å². The number of amides is 2. The highest BCUT2D eigenvalue weighted by Crippen LogP contribution is 2.31. The Hall–Kier alpha value is -1.71. The molecule has 0 saturated carbocycles. The van der Waals surface area contributed by atoms with Gasteiger partial charge < -0.3 is 15.4 Å². The number of carbonyl (C=O) groups excluding carboxylic acids is 1. The molecule has 1 aromatic carbocycles. The summed E-state index contributed by atoms with van der Waals surface area (Å²) < 4.78 is 5.58. The summed E-state index contributed by atoms with van der Waals surface area (Å²) in [4.78, 5) is 11.8. The van der Waals surface area contributed by atoms with Crippen molar-refractivity contribution >= 4 is 6.03 Å². The van der Waals surface area contributed by atoms with Crippen LogP contribution in [-0.4, -0.2) is 19.2 Å². The van der Waals surface area contributed by atoms with Crippen LogP contribution in [0.2, 0.25) is 0 Å². The van der Waals surface area contributed by atoms with Crippen LogP contribution in [0.15, 0.2) is 24.3 Å². The zero-order valence-electron chi connectivity index (χ0n) is 11.6. The molecule has 19 heavy (non-hydrogen) atoms.